The number of carbonyl (C=O) groups is 2. The molecule has 3 aliphatic rings. The van der Waals surface area contributed by atoms with Crippen molar-refractivity contribution in [3.63, 3.8) is 0 Å². The molecule has 0 radical (unpaired) electrons. The van der Waals surface area contributed by atoms with Crippen LogP contribution in [0.4, 0.5) is 5.69 Å². The molecule has 2 amide bonds. The summed E-state index contributed by atoms with van der Waals surface area (Å²) in [5.41, 5.74) is 0.529. The van der Waals surface area contributed by atoms with Gasteiger partial charge in [-0.15, -0.1) is 11.8 Å². The van der Waals surface area contributed by atoms with Crippen molar-refractivity contribution in [2.75, 3.05) is 37.3 Å². The first-order valence-electron chi connectivity index (χ1n) is 12.0. The smallest absolute Gasteiger partial charge is 0.243 e. The Bertz CT molecular complexity index is 997. The van der Waals surface area contributed by atoms with E-state index in [4.69, 9.17) is 0 Å². The zero-order chi connectivity index (χ0) is 23.8. The molecule has 2 heterocycles. The van der Waals surface area contributed by atoms with Crippen LogP contribution >= 0.6 is 11.8 Å². The van der Waals surface area contributed by atoms with E-state index in [1.807, 2.05) is 4.90 Å². The van der Waals surface area contributed by atoms with Gasteiger partial charge in [-0.25, -0.2) is 8.42 Å². The lowest BCUT2D eigenvalue weighted by atomic mass is 9.92. The van der Waals surface area contributed by atoms with Gasteiger partial charge in [0.25, 0.3) is 0 Å². The molecule has 2 aliphatic heterocycles. The lowest BCUT2D eigenvalue weighted by Crippen LogP contribution is -2.49. The van der Waals surface area contributed by atoms with E-state index in [-0.39, 0.29) is 35.0 Å². The van der Waals surface area contributed by atoms with Gasteiger partial charge in [-0.05, 0) is 49.3 Å². The number of likely N-dealkylation sites (tertiary alicyclic amines) is 1. The molecule has 2 fully saturated rings. The summed E-state index contributed by atoms with van der Waals surface area (Å²) < 4.78 is 28.3. The maximum absolute atomic E-state index is 13.4. The number of anilines is 1. The van der Waals surface area contributed by atoms with Crippen LogP contribution in [-0.2, 0) is 19.6 Å². The van der Waals surface area contributed by atoms with Crippen molar-refractivity contribution in [3.05, 3.63) is 18.2 Å². The molecule has 2 unspecified atom stereocenters. The zero-order valence-corrected chi connectivity index (χ0v) is 21.5. The van der Waals surface area contributed by atoms with Gasteiger partial charge in [-0.3, -0.25) is 9.59 Å². The minimum absolute atomic E-state index is 0.0107. The maximum atomic E-state index is 13.4. The average molecular weight is 494 g/mol. The molecule has 1 aromatic carbocycles. The Morgan fingerprint density at radius 2 is 1.79 bits per heavy atom. The SMILES string of the molecule is CC1CC(C)CN(C(=O)CN2C(=O)CSc3ccc(S(=O)(=O)N(C)C4CCCCC4)cc32)C1. The molecule has 2 atom stereocenters. The number of amides is 2. The summed E-state index contributed by atoms with van der Waals surface area (Å²) in [5, 5.41) is 0. The second-order valence-electron chi connectivity index (χ2n) is 9.96. The zero-order valence-electron chi connectivity index (χ0n) is 19.8. The summed E-state index contributed by atoms with van der Waals surface area (Å²) in [6.45, 7) is 5.65. The summed E-state index contributed by atoms with van der Waals surface area (Å²) in [6.07, 6.45) is 6.10. The van der Waals surface area contributed by atoms with Crippen LogP contribution in [-0.4, -0.2) is 67.9 Å². The quantitative estimate of drug-likeness (QED) is 0.627. The molecule has 0 aromatic heterocycles. The number of rotatable bonds is 5. The standard InChI is InChI=1S/C24H35N3O4S2/c1-17-11-18(2)14-26(13-17)23(28)15-27-21-12-20(9-10-22(21)32-16-24(27)29)33(30,31)25(3)19-7-5-4-6-8-19/h9-10,12,17-19H,4-8,11,13-16H2,1-3H3. The molecule has 4 rings (SSSR count). The Kier molecular flexibility index (Phi) is 7.41. The molecule has 1 saturated carbocycles. The highest BCUT2D eigenvalue weighted by atomic mass is 32.2. The molecular formula is C24H35N3O4S2. The molecule has 0 bridgehead atoms. The van der Waals surface area contributed by atoms with Crippen LogP contribution in [0.2, 0.25) is 0 Å². The van der Waals surface area contributed by atoms with E-state index in [1.54, 1.807) is 25.2 Å². The van der Waals surface area contributed by atoms with E-state index >= 15 is 0 Å². The van der Waals surface area contributed by atoms with E-state index in [1.165, 1.54) is 21.0 Å². The van der Waals surface area contributed by atoms with Crippen molar-refractivity contribution in [2.45, 2.75) is 68.2 Å². The van der Waals surface area contributed by atoms with Crippen molar-refractivity contribution in [1.82, 2.24) is 9.21 Å². The van der Waals surface area contributed by atoms with Crippen molar-refractivity contribution >= 4 is 39.3 Å². The van der Waals surface area contributed by atoms with E-state index in [2.05, 4.69) is 13.8 Å². The highest BCUT2D eigenvalue weighted by Gasteiger charge is 2.34. The number of nitrogens with zero attached hydrogens (tertiary/aromatic N) is 3. The van der Waals surface area contributed by atoms with Crippen LogP contribution in [0.1, 0.15) is 52.4 Å². The minimum atomic E-state index is -3.69. The fourth-order valence-corrected chi connectivity index (χ4v) is 7.78. The van der Waals surface area contributed by atoms with Crippen molar-refractivity contribution in [2.24, 2.45) is 11.8 Å². The summed E-state index contributed by atoms with van der Waals surface area (Å²) >= 11 is 1.40. The van der Waals surface area contributed by atoms with E-state index in [0.717, 1.165) is 43.4 Å². The molecule has 0 spiro atoms. The van der Waals surface area contributed by atoms with Gasteiger partial charge in [0.15, 0.2) is 0 Å². The molecule has 1 aliphatic carbocycles. The van der Waals surface area contributed by atoms with Gasteiger partial charge in [0.2, 0.25) is 21.8 Å². The number of piperidine rings is 1. The number of hydrogen-bond donors (Lipinski definition) is 0. The molecule has 9 heteroatoms. The number of benzene rings is 1. The van der Waals surface area contributed by atoms with Crippen LogP contribution in [0.3, 0.4) is 0 Å². The Morgan fingerprint density at radius 3 is 2.45 bits per heavy atom. The molecule has 182 valence electrons. The first-order valence-corrected chi connectivity index (χ1v) is 14.4. The third kappa shape index (κ3) is 5.25. The fraction of sp³-hybridized carbons (Fsp3) is 0.667. The largest absolute Gasteiger partial charge is 0.341 e. The van der Waals surface area contributed by atoms with Gasteiger partial charge in [0.05, 0.1) is 16.3 Å². The van der Waals surface area contributed by atoms with E-state index in [9.17, 15) is 18.0 Å². The Morgan fingerprint density at radius 1 is 1.12 bits per heavy atom. The summed E-state index contributed by atoms with van der Waals surface area (Å²) in [7, 11) is -2.03. The van der Waals surface area contributed by atoms with E-state index in [0.29, 0.717) is 30.6 Å². The third-order valence-electron chi connectivity index (χ3n) is 7.15. The van der Waals surface area contributed by atoms with Crippen LogP contribution < -0.4 is 4.90 Å². The summed E-state index contributed by atoms with van der Waals surface area (Å²) in [5.74, 6) is 0.886. The van der Waals surface area contributed by atoms with Gasteiger partial charge in [-0.2, -0.15) is 4.31 Å². The summed E-state index contributed by atoms with van der Waals surface area (Å²) in [6, 6.07) is 5.00. The lowest BCUT2D eigenvalue weighted by Gasteiger charge is -2.37. The summed E-state index contributed by atoms with van der Waals surface area (Å²) in [4.78, 5) is 30.3. The van der Waals surface area contributed by atoms with Crippen LogP contribution in [0.25, 0.3) is 0 Å². The van der Waals surface area contributed by atoms with Gasteiger partial charge < -0.3 is 9.80 Å². The van der Waals surface area contributed by atoms with Crippen LogP contribution in [0, 0.1) is 11.8 Å². The Labute approximate surface area is 201 Å². The highest BCUT2D eigenvalue weighted by molar-refractivity contribution is 8.00. The monoisotopic (exact) mass is 493 g/mol. The predicted molar refractivity (Wildman–Crippen MR) is 131 cm³/mol. The molecule has 33 heavy (non-hydrogen) atoms. The topological polar surface area (TPSA) is 78.0 Å². The second kappa shape index (κ2) is 9.96. The fourth-order valence-electron chi connectivity index (χ4n) is 5.42. The number of sulfonamides is 1. The molecule has 1 aromatic rings. The van der Waals surface area contributed by atoms with Crippen LogP contribution in [0.15, 0.2) is 28.0 Å². The van der Waals surface area contributed by atoms with Crippen molar-refractivity contribution in [1.29, 1.82) is 0 Å². The third-order valence-corrected chi connectivity index (χ3v) is 10.1. The number of fused-ring (bicyclic) bond motifs is 1. The predicted octanol–water partition coefficient (Wildman–Crippen LogP) is 3.58. The van der Waals surface area contributed by atoms with Crippen molar-refractivity contribution < 1.29 is 18.0 Å². The second-order valence-corrected chi connectivity index (χ2v) is 13.0. The molecule has 0 N–H and O–H groups in total. The maximum Gasteiger partial charge on any atom is 0.243 e. The molecule has 1 saturated heterocycles. The van der Waals surface area contributed by atoms with Crippen LogP contribution in [0.5, 0.6) is 0 Å². The average Bonchev–Trinajstić information content (AvgIpc) is 2.80. The Hall–Kier alpha value is -1.58. The molecular weight excluding hydrogens is 458 g/mol. The van der Waals surface area contributed by atoms with Gasteiger partial charge in [0, 0.05) is 31.1 Å². The van der Waals surface area contributed by atoms with Gasteiger partial charge >= 0.3 is 0 Å². The minimum Gasteiger partial charge on any atom is -0.341 e. The highest BCUT2D eigenvalue weighted by Crippen LogP contribution is 2.38. The van der Waals surface area contributed by atoms with Crippen molar-refractivity contribution in [3.8, 4) is 0 Å². The molecule has 7 nitrogen and oxygen atoms in total. The van der Waals surface area contributed by atoms with Gasteiger partial charge in [-0.1, -0.05) is 33.1 Å². The lowest BCUT2D eigenvalue weighted by molar-refractivity contribution is -0.133. The van der Waals surface area contributed by atoms with Gasteiger partial charge in [0.1, 0.15) is 6.54 Å². The number of carbonyl (C=O) groups excluding carboxylic acids is 2. The Balaban J connectivity index is 1.58. The first-order chi connectivity index (χ1) is 15.7. The van der Waals surface area contributed by atoms with E-state index < -0.39 is 10.0 Å². The number of thioether (sulfide) groups is 1. The normalized spacial score (nSPS) is 24.8. The first kappa shape index (κ1) is 24.5. The number of hydrogen-bond acceptors (Lipinski definition) is 5.